The van der Waals surface area contributed by atoms with Crippen LogP contribution >= 0.6 is 34.7 Å². The van der Waals surface area contributed by atoms with Gasteiger partial charge in [-0.05, 0) is 55.5 Å². The van der Waals surface area contributed by atoms with E-state index in [0.717, 1.165) is 26.2 Å². The summed E-state index contributed by atoms with van der Waals surface area (Å²) in [6.45, 7) is 0. The maximum atomic E-state index is 5.95. The lowest BCUT2D eigenvalue weighted by molar-refractivity contribution is 0.699. The van der Waals surface area contributed by atoms with E-state index in [1.807, 2.05) is 35.6 Å². The molecule has 0 saturated heterocycles. The van der Waals surface area contributed by atoms with E-state index in [4.69, 9.17) is 11.6 Å². The molecule has 1 aliphatic carbocycles. The van der Waals surface area contributed by atoms with Gasteiger partial charge in [-0.25, -0.2) is 9.97 Å². The highest BCUT2D eigenvalue weighted by molar-refractivity contribution is 7.99. The second kappa shape index (κ2) is 5.59. The zero-order chi connectivity index (χ0) is 14.2. The Hall–Kier alpha value is -1.10. The molecular weight excluding hydrogens is 320 g/mol. The zero-order valence-electron chi connectivity index (χ0n) is 11.3. The van der Waals surface area contributed by atoms with Gasteiger partial charge in [0.1, 0.15) is 16.2 Å². The number of hydrogen-bond donors (Lipinski definition) is 0. The van der Waals surface area contributed by atoms with Crippen LogP contribution in [0.4, 0.5) is 0 Å². The van der Waals surface area contributed by atoms with Gasteiger partial charge >= 0.3 is 0 Å². The van der Waals surface area contributed by atoms with Crippen LogP contribution in [0.25, 0.3) is 10.2 Å². The van der Waals surface area contributed by atoms with Crippen LogP contribution in [0, 0.1) is 0 Å². The first-order valence-corrected chi connectivity index (χ1v) is 9.01. The van der Waals surface area contributed by atoms with E-state index in [0.29, 0.717) is 0 Å². The molecule has 2 aromatic heterocycles. The Bertz CT molecular complexity index is 796. The Morgan fingerprint density at radius 2 is 1.86 bits per heavy atom. The van der Waals surface area contributed by atoms with Crippen LogP contribution in [0.1, 0.15) is 23.3 Å². The highest BCUT2D eigenvalue weighted by Gasteiger charge is 2.20. The van der Waals surface area contributed by atoms with Crippen LogP contribution in [-0.4, -0.2) is 9.97 Å². The average Bonchev–Trinajstić information content (AvgIpc) is 2.89. The third-order valence-electron chi connectivity index (χ3n) is 3.74. The Labute approximate surface area is 136 Å². The van der Waals surface area contributed by atoms with Crippen molar-refractivity contribution in [2.24, 2.45) is 0 Å². The van der Waals surface area contributed by atoms with Crippen molar-refractivity contribution in [1.82, 2.24) is 9.97 Å². The molecule has 0 N–H and O–H groups in total. The molecule has 5 heteroatoms. The van der Waals surface area contributed by atoms with Crippen LogP contribution in [0.3, 0.4) is 0 Å². The summed E-state index contributed by atoms with van der Waals surface area (Å²) in [7, 11) is 0. The number of aryl methyl sites for hydroxylation is 2. The summed E-state index contributed by atoms with van der Waals surface area (Å²) in [6.07, 6.45) is 6.62. The van der Waals surface area contributed by atoms with Crippen molar-refractivity contribution in [1.29, 1.82) is 0 Å². The first kappa shape index (κ1) is 13.6. The van der Waals surface area contributed by atoms with Crippen molar-refractivity contribution < 1.29 is 0 Å². The van der Waals surface area contributed by atoms with Crippen LogP contribution in [-0.2, 0) is 12.8 Å². The molecule has 0 fully saturated rings. The van der Waals surface area contributed by atoms with Gasteiger partial charge in [-0.2, -0.15) is 0 Å². The normalized spacial score (nSPS) is 14.3. The van der Waals surface area contributed by atoms with Crippen molar-refractivity contribution in [2.75, 3.05) is 0 Å². The number of thiophene rings is 1. The molecule has 106 valence electrons. The molecular formula is C16H13ClN2S2. The minimum absolute atomic E-state index is 0.764. The molecule has 0 atom stereocenters. The molecule has 0 unspecified atom stereocenters. The maximum Gasteiger partial charge on any atom is 0.128 e. The summed E-state index contributed by atoms with van der Waals surface area (Å²) < 4.78 is 0. The third-order valence-corrected chi connectivity index (χ3v) is 6.21. The maximum absolute atomic E-state index is 5.95. The number of hydrogen-bond acceptors (Lipinski definition) is 4. The van der Waals surface area contributed by atoms with Crippen molar-refractivity contribution in [3.05, 3.63) is 46.1 Å². The monoisotopic (exact) mass is 332 g/mol. The summed E-state index contributed by atoms with van der Waals surface area (Å²) in [5, 5.41) is 3.11. The van der Waals surface area contributed by atoms with E-state index < -0.39 is 0 Å². The van der Waals surface area contributed by atoms with Gasteiger partial charge in [-0.1, -0.05) is 23.4 Å². The predicted octanol–water partition coefficient (Wildman–Crippen LogP) is 5.37. The SMILES string of the molecule is Clc1ccc(Sc2ncnc3sc4c(c23)CCCC4)cc1. The van der Waals surface area contributed by atoms with Gasteiger partial charge in [0.05, 0.1) is 0 Å². The van der Waals surface area contributed by atoms with E-state index in [1.165, 1.54) is 35.1 Å². The van der Waals surface area contributed by atoms with E-state index in [9.17, 15) is 0 Å². The Morgan fingerprint density at radius 1 is 1.05 bits per heavy atom. The summed E-state index contributed by atoms with van der Waals surface area (Å²) in [6, 6.07) is 7.93. The van der Waals surface area contributed by atoms with Gasteiger partial charge < -0.3 is 0 Å². The van der Waals surface area contributed by atoms with Crippen molar-refractivity contribution in [3.63, 3.8) is 0 Å². The standard InChI is InChI=1S/C16H13ClN2S2/c17-10-5-7-11(8-6-10)20-15-14-12-3-1-2-4-13(12)21-16(14)19-9-18-15/h5-9H,1-4H2. The van der Waals surface area contributed by atoms with E-state index in [1.54, 1.807) is 18.1 Å². The average molecular weight is 333 g/mol. The Kier molecular flexibility index (Phi) is 3.61. The van der Waals surface area contributed by atoms with Gasteiger partial charge in [0.25, 0.3) is 0 Å². The van der Waals surface area contributed by atoms with Crippen LogP contribution < -0.4 is 0 Å². The Morgan fingerprint density at radius 3 is 2.71 bits per heavy atom. The summed E-state index contributed by atoms with van der Waals surface area (Å²) in [4.78, 5) is 12.8. The molecule has 1 aromatic carbocycles. The molecule has 0 bridgehead atoms. The van der Waals surface area contributed by atoms with E-state index in [-0.39, 0.29) is 0 Å². The molecule has 2 heterocycles. The topological polar surface area (TPSA) is 25.8 Å². The number of nitrogens with zero attached hydrogens (tertiary/aromatic N) is 2. The van der Waals surface area contributed by atoms with Crippen molar-refractivity contribution >= 4 is 44.9 Å². The van der Waals surface area contributed by atoms with Gasteiger partial charge in [0.2, 0.25) is 0 Å². The third kappa shape index (κ3) is 2.56. The molecule has 0 aliphatic heterocycles. The first-order chi connectivity index (χ1) is 10.3. The first-order valence-electron chi connectivity index (χ1n) is 7.00. The molecule has 3 aromatic rings. The number of halogens is 1. The summed E-state index contributed by atoms with van der Waals surface area (Å²) >= 11 is 9.50. The quantitative estimate of drug-likeness (QED) is 0.589. The van der Waals surface area contributed by atoms with Crippen LogP contribution in [0.15, 0.2) is 40.5 Å². The lowest BCUT2D eigenvalue weighted by Gasteiger charge is -2.11. The van der Waals surface area contributed by atoms with Gasteiger partial charge in [-0.3, -0.25) is 0 Å². The minimum Gasteiger partial charge on any atom is -0.229 e. The van der Waals surface area contributed by atoms with E-state index >= 15 is 0 Å². The molecule has 0 spiro atoms. The van der Waals surface area contributed by atoms with Crippen molar-refractivity contribution in [3.8, 4) is 0 Å². The van der Waals surface area contributed by atoms with Gasteiger partial charge in [0.15, 0.2) is 0 Å². The smallest absolute Gasteiger partial charge is 0.128 e. The number of fused-ring (bicyclic) bond motifs is 3. The number of rotatable bonds is 2. The fraction of sp³-hybridized carbons (Fsp3) is 0.250. The summed E-state index contributed by atoms with van der Waals surface area (Å²) in [5.41, 5.74) is 1.48. The predicted molar refractivity (Wildman–Crippen MR) is 89.6 cm³/mol. The summed E-state index contributed by atoms with van der Waals surface area (Å²) in [5.74, 6) is 0. The highest BCUT2D eigenvalue weighted by atomic mass is 35.5. The lowest BCUT2D eigenvalue weighted by atomic mass is 9.97. The van der Waals surface area contributed by atoms with Crippen molar-refractivity contribution in [2.45, 2.75) is 35.6 Å². The Balaban J connectivity index is 1.81. The fourth-order valence-electron chi connectivity index (χ4n) is 2.75. The van der Waals surface area contributed by atoms with Crippen LogP contribution in [0.5, 0.6) is 0 Å². The molecule has 1 aliphatic rings. The van der Waals surface area contributed by atoms with E-state index in [2.05, 4.69) is 9.97 Å². The zero-order valence-corrected chi connectivity index (χ0v) is 13.7. The lowest BCUT2D eigenvalue weighted by Crippen LogP contribution is -1.98. The highest BCUT2D eigenvalue weighted by Crippen LogP contribution is 2.41. The molecule has 0 amide bonds. The molecule has 21 heavy (non-hydrogen) atoms. The number of aromatic nitrogens is 2. The second-order valence-electron chi connectivity index (χ2n) is 5.13. The van der Waals surface area contributed by atoms with Gasteiger partial charge in [0, 0.05) is 20.2 Å². The fourth-order valence-corrected chi connectivity index (χ4v) is 5.09. The van der Waals surface area contributed by atoms with Crippen LogP contribution in [0.2, 0.25) is 5.02 Å². The van der Waals surface area contributed by atoms with Gasteiger partial charge in [-0.15, -0.1) is 11.3 Å². The number of benzene rings is 1. The minimum atomic E-state index is 0.764. The molecule has 0 saturated carbocycles. The largest absolute Gasteiger partial charge is 0.229 e. The molecule has 4 rings (SSSR count). The molecule has 2 nitrogen and oxygen atoms in total. The second-order valence-corrected chi connectivity index (χ2v) is 7.71. The molecule has 0 radical (unpaired) electrons.